The van der Waals surface area contributed by atoms with Gasteiger partial charge < -0.3 is 8.83 Å². The van der Waals surface area contributed by atoms with Crippen molar-refractivity contribution in [3.63, 3.8) is 0 Å². The van der Waals surface area contributed by atoms with Gasteiger partial charge in [0.25, 0.3) is 0 Å². The van der Waals surface area contributed by atoms with E-state index in [4.69, 9.17) is 23.8 Å². The highest BCUT2D eigenvalue weighted by Gasteiger charge is 2.17. The Hall–Kier alpha value is -6.85. The molecule has 0 saturated carbocycles. The van der Waals surface area contributed by atoms with E-state index in [-0.39, 0.29) is 0 Å². The average molecular weight is 642 g/mol. The van der Waals surface area contributed by atoms with Crippen LogP contribution in [0, 0.1) is 0 Å². The average Bonchev–Trinajstić information content (AvgIpc) is 3.76. The van der Waals surface area contributed by atoms with Gasteiger partial charge in [0.1, 0.15) is 22.3 Å². The van der Waals surface area contributed by atoms with E-state index in [1.165, 1.54) is 0 Å². The molecule has 0 aliphatic rings. The highest BCUT2D eigenvalue weighted by atomic mass is 16.3. The van der Waals surface area contributed by atoms with Crippen LogP contribution in [0.1, 0.15) is 0 Å². The molecule has 0 aliphatic heterocycles. The van der Waals surface area contributed by atoms with Gasteiger partial charge in [0, 0.05) is 43.8 Å². The minimum absolute atomic E-state index is 0.593. The summed E-state index contributed by atoms with van der Waals surface area (Å²) in [5, 5.41) is 4.26. The Morgan fingerprint density at radius 3 is 1.70 bits per heavy atom. The van der Waals surface area contributed by atoms with Gasteiger partial charge in [-0.3, -0.25) is 0 Å². The molecular weight excluding hydrogens is 615 g/mol. The zero-order valence-electron chi connectivity index (χ0n) is 26.7. The Kier molecular flexibility index (Phi) is 6.42. The molecule has 3 heterocycles. The molecular formula is C45H27N3O2. The Morgan fingerprint density at radius 1 is 0.300 bits per heavy atom. The molecule has 5 nitrogen and oxygen atoms in total. The number of fused-ring (bicyclic) bond motifs is 6. The minimum atomic E-state index is 0.593. The van der Waals surface area contributed by atoms with Crippen molar-refractivity contribution in [3.05, 3.63) is 164 Å². The second kappa shape index (κ2) is 11.4. The van der Waals surface area contributed by atoms with Gasteiger partial charge in [0.15, 0.2) is 17.5 Å². The summed E-state index contributed by atoms with van der Waals surface area (Å²) in [7, 11) is 0. The molecule has 0 radical (unpaired) electrons. The predicted molar refractivity (Wildman–Crippen MR) is 202 cm³/mol. The van der Waals surface area contributed by atoms with E-state index in [9.17, 15) is 0 Å². The van der Waals surface area contributed by atoms with Crippen LogP contribution in [0.5, 0.6) is 0 Å². The lowest BCUT2D eigenvalue weighted by Crippen LogP contribution is -2.00. The van der Waals surface area contributed by atoms with Crippen LogP contribution in [0.4, 0.5) is 0 Å². The lowest BCUT2D eigenvalue weighted by atomic mass is 10.00. The predicted octanol–water partition coefficient (Wildman–Crippen LogP) is 12.0. The number of para-hydroxylation sites is 2. The molecule has 0 bridgehead atoms. The Labute approximate surface area is 287 Å². The molecule has 0 N–H and O–H groups in total. The van der Waals surface area contributed by atoms with Gasteiger partial charge in [-0.25, -0.2) is 15.0 Å². The normalized spacial score (nSPS) is 11.6. The topological polar surface area (TPSA) is 65.0 Å². The fourth-order valence-electron chi connectivity index (χ4n) is 6.88. The van der Waals surface area contributed by atoms with Crippen molar-refractivity contribution in [2.24, 2.45) is 0 Å². The SMILES string of the molecule is c1ccc(-c2ccc3c(c2)oc2ccc(-c4nc(-c5ccccc5)nc(-c5cccc(-c6cccc7c6oc6ccccc67)c5)n4)cc23)cc1. The largest absolute Gasteiger partial charge is 0.456 e. The number of hydrogen-bond donors (Lipinski definition) is 0. The summed E-state index contributed by atoms with van der Waals surface area (Å²) in [5.74, 6) is 1.80. The summed E-state index contributed by atoms with van der Waals surface area (Å²) in [5.41, 5.74) is 10.4. The molecule has 0 saturated heterocycles. The van der Waals surface area contributed by atoms with Gasteiger partial charge in [0.2, 0.25) is 0 Å². The molecule has 234 valence electrons. The van der Waals surface area contributed by atoms with Crippen LogP contribution in [0.3, 0.4) is 0 Å². The molecule has 0 spiro atoms. The lowest BCUT2D eigenvalue weighted by Gasteiger charge is -2.10. The monoisotopic (exact) mass is 641 g/mol. The van der Waals surface area contributed by atoms with Gasteiger partial charge in [-0.15, -0.1) is 0 Å². The van der Waals surface area contributed by atoms with Crippen LogP contribution in [-0.2, 0) is 0 Å². The molecule has 0 unspecified atom stereocenters. The van der Waals surface area contributed by atoms with Crippen molar-refractivity contribution < 1.29 is 8.83 Å². The first kappa shape index (κ1) is 28.2. The second-order valence-corrected chi connectivity index (χ2v) is 12.4. The van der Waals surface area contributed by atoms with Crippen LogP contribution >= 0.6 is 0 Å². The molecule has 50 heavy (non-hydrogen) atoms. The number of benzene rings is 7. The third kappa shape index (κ3) is 4.75. The smallest absolute Gasteiger partial charge is 0.164 e. The Balaban J connectivity index is 1.11. The first-order valence-electron chi connectivity index (χ1n) is 16.6. The maximum atomic E-state index is 6.38. The molecule has 0 atom stereocenters. The molecule has 5 heteroatoms. The summed E-state index contributed by atoms with van der Waals surface area (Å²) >= 11 is 0. The van der Waals surface area contributed by atoms with Crippen LogP contribution in [0.15, 0.2) is 173 Å². The molecule has 0 fully saturated rings. The first-order chi connectivity index (χ1) is 24.7. The number of furan rings is 2. The van der Waals surface area contributed by atoms with Crippen molar-refractivity contribution in [2.45, 2.75) is 0 Å². The fraction of sp³-hybridized carbons (Fsp3) is 0. The Morgan fingerprint density at radius 2 is 0.880 bits per heavy atom. The third-order valence-electron chi connectivity index (χ3n) is 9.34. The van der Waals surface area contributed by atoms with Gasteiger partial charge in [-0.1, -0.05) is 121 Å². The maximum absolute atomic E-state index is 6.38. The second-order valence-electron chi connectivity index (χ2n) is 12.4. The van der Waals surface area contributed by atoms with E-state index in [1.54, 1.807) is 0 Å². The van der Waals surface area contributed by atoms with E-state index in [0.717, 1.165) is 82.8 Å². The van der Waals surface area contributed by atoms with Crippen molar-refractivity contribution >= 4 is 43.9 Å². The molecule has 0 aliphatic carbocycles. The van der Waals surface area contributed by atoms with E-state index in [2.05, 4.69) is 84.9 Å². The molecule has 10 aromatic rings. The number of aromatic nitrogens is 3. The van der Waals surface area contributed by atoms with E-state index < -0.39 is 0 Å². The number of rotatable bonds is 5. The maximum Gasteiger partial charge on any atom is 0.164 e. The van der Waals surface area contributed by atoms with Crippen molar-refractivity contribution in [3.8, 4) is 56.4 Å². The van der Waals surface area contributed by atoms with Crippen LogP contribution < -0.4 is 0 Å². The molecule has 7 aromatic carbocycles. The highest BCUT2D eigenvalue weighted by Crippen LogP contribution is 2.38. The molecule has 3 aromatic heterocycles. The molecule has 10 rings (SSSR count). The minimum Gasteiger partial charge on any atom is -0.456 e. The summed E-state index contributed by atoms with van der Waals surface area (Å²) < 4.78 is 12.7. The van der Waals surface area contributed by atoms with Gasteiger partial charge in [0.05, 0.1) is 0 Å². The summed E-state index contributed by atoms with van der Waals surface area (Å²) in [6.07, 6.45) is 0. The van der Waals surface area contributed by atoms with Gasteiger partial charge in [-0.05, 0) is 59.2 Å². The van der Waals surface area contributed by atoms with E-state index in [1.807, 2.05) is 78.9 Å². The zero-order chi connectivity index (χ0) is 33.0. The number of nitrogens with zero attached hydrogens (tertiary/aromatic N) is 3. The van der Waals surface area contributed by atoms with Gasteiger partial charge >= 0.3 is 0 Å². The fourth-order valence-corrected chi connectivity index (χ4v) is 6.88. The quantitative estimate of drug-likeness (QED) is 0.187. The van der Waals surface area contributed by atoms with Crippen LogP contribution in [0.25, 0.3) is 100 Å². The standard InChI is InChI=1S/C45H27N3O2/c1-3-11-28(12-4-1)30-21-23-36-38-26-33(22-24-40(38)49-41(36)27-30)45-47-43(29-13-5-2-6-14-29)46-44(48-45)32-16-9-15-31(25-32)34-18-10-19-37-35-17-7-8-20-39(35)50-42(34)37/h1-27H. The van der Waals surface area contributed by atoms with Crippen molar-refractivity contribution in [2.75, 3.05) is 0 Å². The Bertz CT molecular complexity index is 2870. The summed E-state index contributed by atoms with van der Waals surface area (Å²) in [6.45, 7) is 0. The lowest BCUT2D eigenvalue weighted by molar-refractivity contribution is 0.669. The van der Waals surface area contributed by atoms with Crippen molar-refractivity contribution in [1.82, 2.24) is 15.0 Å². The summed E-state index contributed by atoms with van der Waals surface area (Å²) in [4.78, 5) is 15.1. The van der Waals surface area contributed by atoms with E-state index in [0.29, 0.717) is 17.5 Å². The first-order valence-corrected chi connectivity index (χ1v) is 16.6. The van der Waals surface area contributed by atoms with Crippen LogP contribution in [-0.4, -0.2) is 15.0 Å². The number of hydrogen-bond acceptors (Lipinski definition) is 5. The van der Waals surface area contributed by atoms with Gasteiger partial charge in [-0.2, -0.15) is 0 Å². The van der Waals surface area contributed by atoms with E-state index >= 15 is 0 Å². The van der Waals surface area contributed by atoms with Crippen LogP contribution in [0.2, 0.25) is 0 Å². The summed E-state index contributed by atoms with van der Waals surface area (Å²) in [6, 6.07) is 55.7. The third-order valence-corrected chi connectivity index (χ3v) is 9.34. The van der Waals surface area contributed by atoms with Crippen molar-refractivity contribution in [1.29, 1.82) is 0 Å². The highest BCUT2D eigenvalue weighted by molar-refractivity contribution is 6.10. The molecule has 0 amide bonds. The zero-order valence-corrected chi connectivity index (χ0v) is 26.7.